The first kappa shape index (κ1) is 33.9. The monoisotopic (exact) mass is 545 g/mol. The number of hydrogen-bond donors (Lipinski definition) is 3. The van der Waals surface area contributed by atoms with Crippen molar-refractivity contribution in [2.24, 2.45) is 4.99 Å². The molecule has 0 saturated carbocycles. The van der Waals surface area contributed by atoms with Gasteiger partial charge in [-0.2, -0.15) is 0 Å². The van der Waals surface area contributed by atoms with Crippen LogP contribution in [-0.4, -0.2) is 82.9 Å². The fourth-order valence-electron chi connectivity index (χ4n) is 4.43. The van der Waals surface area contributed by atoms with Crippen LogP contribution in [0.2, 0.25) is 0 Å². The Hall–Kier alpha value is -3.10. The highest BCUT2D eigenvalue weighted by atomic mass is 19.1. The van der Waals surface area contributed by atoms with E-state index in [1.165, 1.54) is 42.6 Å². The molecule has 0 spiro atoms. The van der Waals surface area contributed by atoms with E-state index in [1.807, 2.05) is 26.8 Å². The lowest BCUT2D eigenvalue weighted by atomic mass is 10.0. The van der Waals surface area contributed by atoms with E-state index < -0.39 is 11.9 Å². The average molecular weight is 546 g/mol. The van der Waals surface area contributed by atoms with Gasteiger partial charge in [0.05, 0.1) is 36.1 Å². The molecule has 1 saturated heterocycles. The molecule has 0 radical (unpaired) electrons. The van der Waals surface area contributed by atoms with E-state index in [-0.39, 0.29) is 24.3 Å². The summed E-state index contributed by atoms with van der Waals surface area (Å²) < 4.78 is 20.1. The molecule has 10 heteroatoms. The van der Waals surface area contributed by atoms with Gasteiger partial charge in [-0.1, -0.05) is 20.8 Å². The lowest BCUT2D eigenvalue weighted by molar-refractivity contribution is 0.164. The Morgan fingerprint density at radius 3 is 2.51 bits per heavy atom. The summed E-state index contributed by atoms with van der Waals surface area (Å²) in [5.41, 5.74) is 1.79. The van der Waals surface area contributed by atoms with E-state index in [0.29, 0.717) is 29.4 Å². The zero-order chi connectivity index (χ0) is 29.4. The van der Waals surface area contributed by atoms with Crippen LogP contribution in [0.5, 0.6) is 0 Å². The molecule has 4 heterocycles. The molecule has 9 nitrogen and oxygen atoms in total. The number of piperidine rings is 1. The van der Waals surface area contributed by atoms with Crippen molar-refractivity contribution < 1.29 is 19.3 Å². The van der Waals surface area contributed by atoms with Gasteiger partial charge in [0.1, 0.15) is 24.3 Å². The van der Waals surface area contributed by atoms with E-state index in [2.05, 4.69) is 40.0 Å². The summed E-state index contributed by atoms with van der Waals surface area (Å²) >= 11 is 0. The molecule has 0 aromatic carbocycles. The van der Waals surface area contributed by atoms with E-state index >= 15 is 0 Å². The number of aliphatic hydroxyl groups excluding tert-OH is 2. The number of pyridine rings is 2. The van der Waals surface area contributed by atoms with Gasteiger partial charge in [-0.15, -0.1) is 12.8 Å². The van der Waals surface area contributed by atoms with Crippen LogP contribution in [0.1, 0.15) is 52.2 Å². The van der Waals surface area contributed by atoms with Gasteiger partial charge in [0.25, 0.3) is 5.56 Å². The van der Waals surface area contributed by atoms with Crippen LogP contribution in [0.4, 0.5) is 4.39 Å². The zero-order valence-corrected chi connectivity index (χ0v) is 23.9. The number of halogens is 1. The van der Waals surface area contributed by atoms with Crippen LogP contribution in [0.15, 0.2) is 40.0 Å². The standard InChI is InChI=1S/C15H29N3O2.C10H7FN2O2.C2H6.C2H2/c1-4-18-8-6-13(7-9-18)17-11-14(16-3)10-15(12-19)20-5-2;11-5-3-12-6-1-2-8(15)13-4-7(14)9(5)10(6)13;2*1-2/h10,13,17,19H,4-9,11-12H2,1-3H3;1-3,7,14H,4H2;1-2H3;1-2H/b15-10+,16-14?;;;. The smallest absolute Gasteiger partial charge is 0.251 e. The highest BCUT2D eigenvalue weighted by Gasteiger charge is 2.27. The largest absolute Gasteiger partial charge is 0.496 e. The van der Waals surface area contributed by atoms with Crippen molar-refractivity contribution in [3.8, 4) is 12.8 Å². The molecule has 1 unspecified atom stereocenters. The molecular weight excluding hydrogens is 501 g/mol. The molecule has 0 amide bonds. The van der Waals surface area contributed by atoms with Crippen LogP contribution < -0.4 is 10.9 Å². The maximum atomic E-state index is 13.4. The number of nitrogens with zero attached hydrogens (tertiary/aromatic N) is 4. The van der Waals surface area contributed by atoms with Gasteiger partial charge in [0, 0.05) is 37.3 Å². The summed E-state index contributed by atoms with van der Waals surface area (Å²) in [6.45, 7) is 12.9. The second-order valence-electron chi connectivity index (χ2n) is 8.56. The van der Waals surface area contributed by atoms with E-state index in [9.17, 15) is 19.4 Å². The zero-order valence-electron chi connectivity index (χ0n) is 23.9. The summed E-state index contributed by atoms with van der Waals surface area (Å²) in [5, 5.41) is 22.4. The fraction of sp³-hybridized carbons (Fsp3) is 0.552. The third-order valence-corrected chi connectivity index (χ3v) is 6.39. The number of aliphatic hydroxyl groups is 2. The van der Waals surface area contributed by atoms with Crippen LogP contribution in [0.3, 0.4) is 0 Å². The third-order valence-electron chi connectivity index (χ3n) is 6.39. The Morgan fingerprint density at radius 1 is 1.28 bits per heavy atom. The molecule has 2 aromatic rings. The number of terminal acetylenes is 1. The molecule has 0 bridgehead atoms. The average Bonchev–Trinajstić information content (AvgIpc) is 3.35. The number of hydrogen-bond acceptors (Lipinski definition) is 8. The van der Waals surface area contributed by atoms with E-state index in [4.69, 9.17) is 4.74 Å². The minimum absolute atomic E-state index is 0.0816. The molecule has 4 rings (SSSR count). The number of likely N-dealkylation sites (tertiary alicyclic amines) is 1. The van der Waals surface area contributed by atoms with Crippen molar-refractivity contribution >= 4 is 16.7 Å². The predicted molar refractivity (Wildman–Crippen MR) is 155 cm³/mol. The minimum Gasteiger partial charge on any atom is -0.496 e. The van der Waals surface area contributed by atoms with Gasteiger partial charge in [-0.3, -0.25) is 14.8 Å². The molecule has 2 aliphatic heterocycles. The molecular formula is C29H44FN5O4. The van der Waals surface area contributed by atoms with Gasteiger partial charge in [-0.25, -0.2) is 4.39 Å². The van der Waals surface area contributed by atoms with Crippen LogP contribution in [0.25, 0.3) is 11.0 Å². The lowest BCUT2D eigenvalue weighted by Crippen LogP contribution is -2.43. The Labute approximate surface area is 231 Å². The number of aromatic nitrogens is 2. The first-order valence-corrected chi connectivity index (χ1v) is 13.5. The molecule has 1 atom stereocenters. The van der Waals surface area contributed by atoms with Crippen molar-refractivity contribution in [2.45, 2.75) is 59.2 Å². The Balaban J connectivity index is 0.000000354. The van der Waals surface area contributed by atoms with E-state index in [0.717, 1.165) is 25.0 Å². The summed E-state index contributed by atoms with van der Waals surface area (Å²) in [7, 11) is 1.77. The van der Waals surface area contributed by atoms with Gasteiger partial charge in [0.2, 0.25) is 0 Å². The molecule has 0 aliphatic carbocycles. The fourth-order valence-corrected chi connectivity index (χ4v) is 4.43. The van der Waals surface area contributed by atoms with Gasteiger partial charge >= 0.3 is 0 Å². The van der Waals surface area contributed by atoms with Crippen molar-refractivity contribution in [1.82, 2.24) is 19.8 Å². The van der Waals surface area contributed by atoms with Crippen LogP contribution in [0, 0.1) is 18.7 Å². The molecule has 2 aromatic heterocycles. The molecule has 2 aliphatic rings. The van der Waals surface area contributed by atoms with Gasteiger partial charge in [-0.05, 0) is 45.5 Å². The number of ether oxygens (including phenoxy) is 1. The van der Waals surface area contributed by atoms with Crippen molar-refractivity contribution in [3.05, 3.63) is 51.9 Å². The lowest BCUT2D eigenvalue weighted by Gasteiger charge is -2.31. The molecule has 39 heavy (non-hydrogen) atoms. The number of rotatable bonds is 8. The normalized spacial score (nSPS) is 17.3. The first-order valence-electron chi connectivity index (χ1n) is 13.5. The quantitative estimate of drug-likeness (QED) is 0.266. The maximum Gasteiger partial charge on any atom is 0.251 e. The molecule has 216 valence electrons. The second kappa shape index (κ2) is 18.2. The van der Waals surface area contributed by atoms with E-state index in [1.54, 1.807) is 7.05 Å². The summed E-state index contributed by atoms with van der Waals surface area (Å²) in [4.78, 5) is 22.1. The van der Waals surface area contributed by atoms with Gasteiger partial charge < -0.3 is 29.7 Å². The first-order chi connectivity index (χ1) is 18.9. The third kappa shape index (κ3) is 9.55. The van der Waals surface area contributed by atoms with Crippen LogP contribution in [-0.2, 0) is 11.3 Å². The predicted octanol–water partition coefficient (Wildman–Crippen LogP) is 2.90. The Kier molecular flexibility index (Phi) is 15.9. The van der Waals surface area contributed by atoms with Gasteiger partial charge in [0.15, 0.2) is 0 Å². The molecule has 1 fully saturated rings. The SMILES string of the molecule is C#C.CC.CCO/C(=C/C(CNC1CCN(CC)CC1)=NC)CO.O=c1ccc2ncc(F)c3c2n1CC3O. The second-order valence-corrected chi connectivity index (χ2v) is 8.56. The topological polar surface area (TPSA) is 112 Å². The Morgan fingerprint density at radius 2 is 1.95 bits per heavy atom. The number of nitrogens with one attached hydrogen (secondary N) is 1. The van der Waals surface area contributed by atoms with Crippen LogP contribution >= 0.6 is 0 Å². The molecule has 3 N–H and O–H groups in total. The van der Waals surface area contributed by atoms with Crippen molar-refractivity contribution in [2.75, 3.05) is 46.4 Å². The Bertz CT molecular complexity index is 1150. The summed E-state index contributed by atoms with van der Waals surface area (Å²) in [6, 6.07) is 3.47. The maximum absolute atomic E-state index is 13.4. The highest BCUT2D eigenvalue weighted by molar-refractivity contribution is 5.96. The summed E-state index contributed by atoms with van der Waals surface area (Å²) in [6.07, 6.45) is 12.3. The number of aliphatic imine (C=N–C) groups is 1. The highest BCUT2D eigenvalue weighted by Crippen LogP contribution is 2.31. The van der Waals surface area contributed by atoms with Crippen molar-refractivity contribution in [3.63, 3.8) is 0 Å². The van der Waals surface area contributed by atoms with Crippen molar-refractivity contribution in [1.29, 1.82) is 0 Å². The summed E-state index contributed by atoms with van der Waals surface area (Å²) in [5.74, 6) is 0.0163. The minimum atomic E-state index is -0.953.